The fraction of sp³-hybridized carbons (Fsp3) is 0.368. The fourth-order valence-corrected chi connectivity index (χ4v) is 2.07. The first-order chi connectivity index (χ1) is 9.57. The van der Waals surface area contributed by atoms with Crippen LogP contribution in [0.3, 0.4) is 0 Å². The summed E-state index contributed by atoms with van der Waals surface area (Å²) >= 11 is 0. The van der Waals surface area contributed by atoms with Gasteiger partial charge < -0.3 is 4.79 Å². The molecule has 0 fully saturated rings. The van der Waals surface area contributed by atoms with Crippen molar-refractivity contribution in [2.24, 2.45) is 5.41 Å². The Balaban J connectivity index is 2.73. The van der Waals surface area contributed by atoms with Crippen LogP contribution in [0, 0.1) is 5.41 Å². The Morgan fingerprint density at radius 3 is 2.60 bits per heavy atom. The van der Waals surface area contributed by atoms with E-state index in [0.717, 1.165) is 31.1 Å². The van der Waals surface area contributed by atoms with Gasteiger partial charge in [-0.3, -0.25) is 0 Å². The maximum atomic E-state index is 10.3. The van der Waals surface area contributed by atoms with Crippen LogP contribution in [0.2, 0.25) is 0 Å². The van der Waals surface area contributed by atoms with Gasteiger partial charge in [-0.05, 0) is 41.9 Å². The highest BCUT2D eigenvalue weighted by molar-refractivity contribution is 5.49. The van der Waals surface area contributed by atoms with Gasteiger partial charge in [-0.2, -0.15) is 0 Å². The average molecular weight is 268 g/mol. The molecule has 0 atom stereocenters. The Kier molecular flexibility index (Phi) is 6.76. The minimum absolute atomic E-state index is 0.0558. The molecule has 0 saturated carbocycles. The van der Waals surface area contributed by atoms with E-state index in [1.54, 1.807) is 0 Å². The topological polar surface area (TPSA) is 17.1 Å². The Labute approximate surface area is 122 Å². The van der Waals surface area contributed by atoms with E-state index in [0.29, 0.717) is 6.42 Å². The van der Waals surface area contributed by atoms with Gasteiger partial charge in [0, 0.05) is 6.42 Å². The molecule has 0 aliphatic rings. The highest BCUT2D eigenvalue weighted by Gasteiger charge is 2.14. The summed E-state index contributed by atoms with van der Waals surface area (Å²) in [7, 11) is 0. The Hall–Kier alpha value is -1.85. The first-order valence-electron chi connectivity index (χ1n) is 7.14. The molecule has 0 heterocycles. The van der Waals surface area contributed by atoms with Crippen LogP contribution in [-0.2, 0) is 11.2 Å². The van der Waals surface area contributed by atoms with Gasteiger partial charge in [0.25, 0.3) is 0 Å². The Bertz CT molecular complexity index is 488. The van der Waals surface area contributed by atoms with Crippen LogP contribution in [0.25, 0.3) is 0 Å². The maximum Gasteiger partial charge on any atom is 0.120 e. The van der Waals surface area contributed by atoms with E-state index >= 15 is 0 Å². The zero-order valence-electron chi connectivity index (χ0n) is 12.6. The molecular weight excluding hydrogens is 244 g/mol. The summed E-state index contributed by atoms with van der Waals surface area (Å²) < 4.78 is 0. The van der Waals surface area contributed by atoms with Crippen LogP contribution >= 0.6 is 0 Å². The quantitative estimate of drug-likeness (QED) is 0.284. The van der Waals surface area contributed by atoms with Crippen LogP contribution in [0.15, 0.2) is 60.4 Å². The minimum Gasteiger partial charge on any atom is -0.303 e. The number of aldehydes is 1. The average Bonchev–Trinajstić information content (AvgIpc) is 2.43. The second kappa shape index (κ2) is 8.35. The van der Waals surface area contributed by atoms with Crippen LogP contribution in [0.5, 0.6) is 0 Å². The SMILES string of the molecule is C=CC(=C=CC(C)(C)Cc1ccccc1)CCCC=O. The van der Waals surface area contributed by atoms with Crippen molar-refractivity contribution in [3.05, 3.63) is 65.9 Å². The number of allylic oxidation sites excluding steroid dienone is 2. The molecule has 0 radical (unpaired) electrons. The number of hydrogen-bond acceptors (Lipinski definition) is 1. The molecule has 0 amide bonds. The van der Waals surface area contributed by atoms with E-state index in [1.165, 1.54) is 5.56 Å². The van der Waals surface area contributed by atoms with Gasteiger partial charge in [-0.25, -0.2) is 0 Å². The molecular formula is C19H24O. The summed E-state index contributed by atoms with van der Waals surface area (Å²) in [4.78, 5) is 10.3. The second-order valence-electron chi connectivity index (χ2n) is 5.73. The molecule has 0 bridgehead atoms. The molecule has 1 aromatic rings. The molecule has 20 heavy (non-hydrogen) atoms. The summed E-state index contributed by atoms with van der Waals surface area (Å²) in [5.41, 5.74) is 5.81. The van der Waals surface area contributed by atoms with Gasteiger partial charge in [0.2, 0.25) is 0 Å². The smallest absolute Gasteiger partial charge is 0.120 e. The lowest BCUT2D eigenvalue weighted by Gasteiger charge is -2.19. The molecule has 0 aromatic heterocycles. The zero-order valence-corrected chi connectivity index (χ0v) is 12.6. The molecule has 1 heteroatoms. The van der Waals surface area contributed by atoms with Crippen molar-refractivity contribution in [2.45, 2.75) is 39.5 Å². The predicted octanol–water partition coefficient (Wildman–Crippen LogP) is 4.89. The summed E-state index contributed by atoms with van der Waals surface area (Å²) in [5.74, 6) is 0. The van der Waals surface area contributed by atoms with Crippen molar-refractivity contribution in [1.82, 2.24) is 0 Å². The number of hydrogen-bond donors (Lipinski definition) is 0. The molecule has 0 N–H and O–H groups in total. The van der Waals surface area contributed by atoms with E-state index < -0.39 is 0 Å². The predicted molar refractivity (Wildman–Crippen MR) is 85.6 cm³/mol. The van der Waals surface area contributed by atoms with Crippen molar-refractivity contribution in [1.29, 1.82) is 0 Å². The van der Waals surface area contributed by atoms with E-state index in [9.17, 15) is 4.79 Å². The van der Waals surface area contributed by atoms with Gasteiger partial charge >= 0.3 is 0 Å². The number of carbonyl (C=O) groups excluding carboxylic acids is 1. The molecule has 0 saturated heterocycles. The van der Waals surface area contributed by atoms with Crippen molar-refractivity contribution in [3.63, 3.8) is 0 Å². The van der Waals surface area contributed by atoms with Gasteiger partial charge in [-0.15, -0.1) is 5.73 Å². The third kappa shape index (κ3) is 6.36. The molecule has 1 nitrogen and oxygen atoms in total. The molecule has 1 aromatic carbocycles. The molecule has 1 rings (SSSR count). The van der Waals surface area contributed by atoms with E-state index in [1.807, 2.05) is 12.1 Å². The summed E-state index contributed by atoms with van der Waals surface area (Å²) in [5, 5.41) is 0. The van der Waals surface area contributed by atoms with Crippen molar-refractivity contribution in [3.8, 4) is 0 Å². The number of rotatable bonds is 8. The van der Waals surface area contributed by atoms with Gasteiger partial charge in [0.05, 0.1) is 0 Å². The molecule has 106 valence electrons. The third-order valence-electron chi connectivity index (χ3n) is 3.17. The lowest BCUT2D eigenvalue weighted by atomic mass is 9.85. The van der Waals surface area contributed by atoms with Crippen LogP contribution in [-0.4, -0.2) is 6.29 Å². The Morgan fingerprint density at radius 1 is 1.30 bits per heavy atom. The lowest BCUT2D eigenvalue weighted by molar-refractivity contribution is -0.107. The largest absolute Gasteiger partial charge is 0.303 e. The van der Waals surface area contributed by atoms with Crippen molar-refractivity contribution in [2.75, 3.05) is 0 Å². The fourth-order valence-electron chi connectivity index (χ4n) is 2.07. The summed E-state index contributed by atoms with van der Waals surface area (Å²) in [6.45, 7) is 8.23. The maximum absolute atomic E-state index is 10.3. The molecule has 0 aliphatic carbocycles. The third-order valence-corrected chi connectivity index (χ3v) is 3.17. The summed E-state index contributed by atoms with van der Waals surface area (Å²) in [6, 6.07) is 10.5. The van der Waals surface area contributed by atoms with Crippen molar-refractivity contribution < 1.29 is 4.79 Å². The number of unbranched alkanes of at least 4 members (excludes halogenated alkanes) is 1. The van der Waals surface area contributed by atoms with E-state index in [4.69, 9.17) is 0 Å². The first kappa shape index (κ1) is 16.2. The Morgan fingerprint density at radius 2 is 2.00 bits per heavy atom. The molecule has 0 spiro atoms. The van der Waals surface area contributed by atoms with E-state index in [2.05, 4.69) is 56.5 Å². The monoisotopic (exact) mass is 268 g/mol. The lowest BCUT2D eigenvalue weighted by Crippen LogP contribution is -2.10. The number of carbonyl (C=O) groups is 1. The summed E-state index contributed by atoms with van der Waals surface area (Å²) in [6.07, 6.45) is 8.23. The van der Waals surface area contributed by atoms with Gasteiger partial charge in [-0.1, -0.05) is 56.8 Å². The first-order valence-corrected chi connectivity index (χ1v) is 7.14. The molecule has 0 aliphatic heterocycles. The highest BCUT2D eigenvalue weighted by Crippen LogP contribution is 2.23. The van der Waals surface area contributed by atoms with Crippen LogP contribution in [0.1, 0.15) is 38.7 Å². The van der Waals surface area contributed by atoms with Crippen molar-refractivity contribution >= 4 is 6.29 Å². The van der Waals surface area contributed by atoms with Crippen LogP contribution in [0.4, 0.5) is 0 Å². The standard InChI is InChI=1S/C19H24O/c1-4-17(10-8-9-15-20)13-14-19(2,3)16-18-11-6-5-7-12-18/h4-7,11-12,14-15H,1,8-10,16H2,2-3H3. The zero-order chi connectivity index (χ0) is 14.8. The minimum atomic E-state index is 0.0558. The highest BCUT2D eigenvalue weighted by atomic mass is 16.1. The second-order valence-corrected chi connectivity index (χ2v) is 5.73. The molecule has 0 unspecified atom stereocenters. The van der Waals surface area contributed by atoms with E-state index in [-0.39, 0.29) is 5.41 Å². The van der Waals surface area contributed by atoms with Gasteiger partial charge in [0.1, 0.15) is 6.29 Å². The van der Waals surface area contributed by atoms with Gasteiger partial charge in [0.15, 0.2) is 0 Å². The normalized spacial score (nSPS) is 10.5. The number of benzene rings is 1. The van der Waals surface area contributed by atoms with Crippen LogP contribution < -0.4 is 0 Å².